The molecule has 4 aromatic rings. The van der Waals surface area contributed by atoms with E-state index in [0.29, 0.717) is 5.82 Å². The third-order valence-electron chi connectivity index (χ3n) is 5.12. The summed E-state index contributed by atoms with van der Waals surface area (Å²) < 4.78 is 0. The second-order valence-electron chi connectivity index (χ2n) is 7.36. The van der Waals surface area contributed by atoms with E-state index in [2.05, 4.69) is 63.6 Å². The van der Waals surface area contributed by atoms with E-state index < -0.39 is 0 Å². The van der Waals surface area contributed by atoms with Gasteiger partial charge in [-0.25, -0.2) is 9.97 Å². The van der Waals surface area contributed by atoms with Crippen LogP contribution in [0.2, 0.25) is 0 Å². The third kappa shape index (κ3) is 4.66. The molecular weight excluding hydrogens is 392 g/mol. The molecule has 3 N–H and O–H groups in total. The summed E-state index contributed by atoms with van der Waals surface area (Å²) in [6.45, 7) is 4.05. The molecule has 0 amide bonds. The Morgan fingerprint density at radius 1 is 1.03 bits per heavy atom. The van der Waals surface area contributed by atoms with Crippen LogP contribution in [-0.4, -0.2) is 38.0 Å². The lowest BCUT2D eigenvalue weighted by Gasteiger charge is -2.24. The Labute approximate surface area is 181 Å². The Balaban J connectivity index is 1.56. The summed E-state index contributed by atoms with van der Waals surface area (Å²) in [6, 6.07) is 22.5. The number of thioether (sulfide) groups is 1. The highest BCUT2D eigenvalue weighted by atomic mass is 32.2. The molecule has 5 nitrogen and oxygen atoms in total. The number of anilines is 1. The Hall–Kier alpha value is -2.83. The number of aliphatic hydroxyl groups excluding tert-OH is 1. The predicted molar refractivity (Wildman–Crippen MR) is 126 cm³/mol. The van der Waals surface area contributed by atoms with Crippen LogP contribution >= 0.6 is 11.8 Å². The zero-order valence-corrected chi connectivity index (χ0v) is 18.0. The molecule has 30 heavy (non-hydrogen) atoms. The van der Waals surface area contributed by atoms with Gasteiger partial charge in [0.2, 0.25) is 0 Å². The fourth-order valence-corrected chi connectivity index (χ4v) is 4.45. The first-order chi connectivity index (χ1) is 14.6. The van der Waals surface area contributed by atoms with Crippen molar-refractivity contribution in [3.8, 4) is 11.3 Å². The molecule has 0 saturated carbocycles. The monoisotopic (exact) mass is 418 g/mol. The smallest absolute Gasteiger partial charge is 0.154 e. The van der Waals surface area contributed by atoms with Crippen LogP contribution in [-0.2, 0) is 5.75 Å². The molecule has 0 spiro atoms. The molecule has 2 atom stereocenters. The normalized spacial score (nSPS) is 13.3. The van der Waals surface area contributed by atoms with Gasteiger partial charge in [0, 0.05) is 16.7 Å². The van der Waals surface area contributed by atoms with Gasteiger partial charge in [-0.3, -0.25) is 0 Å². The number of hydrogen-bond acceptors (Lipinski definition) is 5. The number of fused-ring (bicyclic) bond motifs is 1. The molecule has 6 heteroatoms. The minimum atomic E-state index is -0.125. The first-order valence-corrected chi connectivity index (χ1v) is 11.1. The van der Waals surface area contributed by atoms with Crippen LogP contribution < -0.4 is 5.32 Å². The molecule has 0 bridgehead atoms. The molecule has 2 aromatic heterocycles. The van der Waals surface area contributed by atoms with E-state index in [1.807, 2.05) is 49.0 Å². The maximum atomic E-state index is 10.1. The molecule has 0 aliphatic carbocycles. The van der Waals surface area contributed by atoms with Gasteiger partial charge in [0.15, 0.2) is 5.82 Å². The fourth-order valence-electron chi connectivity index (χ4n) is 3.41. The lowest BCUT2D eigenvalue weighted by Crippen LogP contribution is -2.33. The molecule has 2 heterocycles. The predicted octanol–water partition coefficient (Wildman–Crippen LogP) is 5.03. The molecule has 154 valence electrons. The van der Waals surface area contributed by atoms with Crippen molar-refractivity contribution in [1.82, 2.24) is 15.0 Å². The van der Waals surface area contributed by atoms with Crippen molar-refractivity contribution in [3.05, 3.63) is 78.1 Å². The Morgan fingerprint density at radius 2 is 1.73 bits per heavy atom. The zero-order valence-electron chi connectivity index (χ0n) is 17.2. The molecule has 0 aliphatic heterocycles. The van der Waals surface area contributed by atoms with Crippen LogP contribution in [0.25, 0.3) is 22.3 Å². The van der Waals surface area contributed by atoms with Gasteiger partial charge in [0.05, 0.1) is 18.2 Å². The van der Waals surface area contributed by atoms with Crippen molar-refractivity contribution < 1.29 is 5.11 Å². The number of aliphatic hydroxyl groups is 1. The van der Waals surface area contributed by atoms with Gasteiger partial charge >= 0.3 is 0 Å². The average Bonchev–Trinajstić information content (AvgIpc) is 3.21. The molecule has 2 aromatic carbocycles. The summed E-state index contributed by atoms with van der Waals surface area (Å²) in [4.78, 5) is 12.7. The van der Waals surface area contributed by atoms with Crippen molar-refractivity contribution in [2.75, 3.05) is 11.9 Å². The highest BCUT2D eigenvalue weighted by Crippen LogP contribution is 2.28. The first kappa shape index (κ1) is 20.4. The molecule has 1 unspecified atom stereocenters. The molecule has 4 rings (SSSR count). The molecule has 0 aliphatic rings. The maximum Gasteiger partial charge on any atom is 0.154 e. The number of benzene rings is 2. The van der Waals surface area contributed by atoms with Gasteiger partial charge < -0.3 is 15.4 Å². The molecular formula is C24H26N4OS. The van der Waals surface area contributed by atoms with E-state index >= 15 is 0 Å². The van der Waals surface area contributed by atoms with Crippen molar-refractivity contribution in [2.24, 2.45) is 0 Å². The first-order valence-electron chi connectivity index (χ1n) is 10.1. The van der Waals surface area contributed by atoms with E-state index in [4.69, 9.17) is 0 Å². The molecule has 0 saturated heterocycles. The Bertz CT molecular complexity index is 1100. The Morgan fingerprint density at radius 3 is 2.43 bits per heavy atom. The van der Waals surface area contributed by atoms with Crippen molar-refractivity contribution in [2.45, 2.75) is 30.9 Å². The average molecular weight is 419 g/mol. The summed E-state index contributed by atoms with van der Waals surface area (Å²) >= 11 is 1.82. The number of H-pyrrole nitrogens is 1. The van der Waals surface area contributed by atoms with Gasteiger partial charge in [-0.2, -0.15) is 11.8 Å². The number of nitrogens with one attached hydrogen (secondary N) is 2. The number of aromatic nitrogens is 3. The van der Waals surface area contributed by atoms with Crippen molar-refractivity contribution in [3.63, 3.8) is 0 Å². The van der Waals surface area contributed by atoms with Crippen molar-refractivity contribution in [1.29, 1.82) is 0 Å². The van der Waals surface area contributed by atoms with Crippen LogP contribution in [0.3, 0.4) is 0 Å². The van der Waals surface area contributed by atoms with Crippen LogP contribution in [0.15, 0.2) is 66.7 Å². The maximum absolute atomic E-state index is 10.1. The summed E-state index contributed by atoms with van der Waals surface area (Å²) in [6.07, 6.45) is 0. The second kappa shape index (κ2) is 9.32. The molecule has 0 radical (unpaired) electrons. The topological polar surface area (TPSA) is 73.8 Å². The number of aromatic amines is 1. The minimum absolute atomic E-state index is 0.0275. The number of hydrogen-bond donors (Lipinski definition) is 3. The minimum Gasteiger partial charge on any atom is -0.394 e. The zero-order chi connectivity index (χ0) is 20.9. The molecule has 0 fully saturated rings. The summed E-state index contributed by atoms with van der Waals surface area (Å²) in [5.74, 6) is 2.33. The van der Waals surface area contributed by atoms with Crippen LogP contribution in [0.5, 0.6) is 0 Å². The van der Waals surface area contributed by atoms with E-state index in [-0.39, 0.29) is 17.9 Å². The highest BCUT2D eigenvalue weighted by molar-refractivity contribution is 7.99. The van der Waals surface area contributed by atoms with Gasteiger partial charge in [-0.1, -0.05) is 67.6 Å². The van der Waals surface area contributed by atoms with Gasteiger partial charge in [0.25, 0.3) is 0 Å². The Kier molecular flexibility index (Phi) is 6.35. The second-order valence-corrected chi connectivity index (χ2v) is 8.73. The van der Waals surface area contributed by atoms with Crippen LogP contribution in [0.4, 0.5) is 5.82 Å². The van der Waals surface area contributed by atoms with E-state index in [9.17, 15) is 5.11 Å². The fraction of sp³-hybridized carbons (Fsp3) is 0.250. The largest absolute Gasteiger partial charge is 0.394 e. The number of nitrogens with zero attached hydrogens (tertiary/aromatic N) is 2. The SMILES string of the molecule is Cc1nc(NC(CO)[C@H](C)SCc2ccccc2)c2[nH]c(-c3ccccc3)cc2n1. The van der Waals surface area contributed by atoms with Gasteiger partial charge in [-0.05, 0) is 24.1 Å². The number of rotatable bonds is 8. The van der Waals surface area contributed by atoms with Crippen LogP contribution in [0, 0.1) is 6.92 Å². The summed E-state index contributed by atoms with van der Waals surface area (Å²) in [5, 5.41) is 13.7. The van der Waals surface area contributed by atoms with Crippen molar-refractivity contribution >= 4 is 28.6 Å². The van der Waals surface area contributed by atoms with Crippen LogP contribution in [0.1, 0.15) is 18.3 Å². The van der Waals surface area contributed by atoms with Gasteiger partial charge in [0.1, 0.15) is 11.3 Å². The standard InChI is InChI=1S/C24H26N4OS/c1-16(30-15-18-9-5-3-6-10-18)22(14-29)28-24-23-21(25-17(2)26-24)13-20(27-23)19-11-7-4-8-12-19/h3-13,16,22,27,29H,14-15H2,1-2H3,(H,25,26,28)/t16-,22?/m0/s1. The number of aryl methyl sites for hydroxylation is 1. The summed E-state index contributed by atoms with van der Waals surface area (Å²) in [7, 11) is 0. The highest BCUT2D eigenvalue weighted by Gasteiger charge is 2.20. The summed E-state index contributed by atoms with van der Waals surface area (Å²) in [5.41, 5.74) is 5.11. The van der Waals surface area contributed by atoms with E-state index in [1.165, 1.54) is 5.56 Å². The lowest BCUT2D eigenvalue weighted by atomic mass is 10.2. The lowest BCUT2D eigenvalue weighted by molar-refractivity contribution is 0.274. The van der Waals surface area contributed by atoms with E-state index in [0.717, 1.165) is 33.9 Å². The third-order valence-corrected chi connectivity index (χ3v) is 6.47. The van der Waals surface area contributed by atoms with Gasteiger partial charge in [-0.15, -0.1) is 0 Å². The van der Waals surface area contributed by atoms with E-state index in [1.54, 1.807) is 0 Å². The quantitative estimate of drug-likeness (QED) is 0.374.